The highest BCUT2D eigenvalue weighted by Crippen LogP contribution is 2.37. The molecule has 2 aromatic rings. The quantitative estimate of drug-likeness (QED) is 0.315. The maximum atomic E-state index is 13.6. The van der Waals surface area contributed by atoms with Crippen LogP contribution in [-0.4, -0.2) is 49.2 Å². The fraction of sp³-hybridized carbons (Fsp3) is 0.348. The summed E-state index contributed by atoms with van der Waals surface area (Å²) < 4.78 is 38.8. The highest BCUT2D eigenvalue weighted by Gasteiger charge is 2.50. The van der Waals surface area contributed by atoms with Gasteiger partial charge in [0.25, 0.3) is 0 Å². The van der Waals surface area contributed by atoms with Crippen LogP contribution in [0.1, 0.15) is 25.3 Å². The first-order chi connectivity index (χ1) is 15.8. The van der Waals surface area contributed by atoms with E-state index in [4.69, 9.17) is 14.7 Å². The molecular formula is C23H25BrN2O6S. The number of nitrogens with zero attached hydrogens (tertiary/aromatic N) is 1. The number of ether oxygens (including phenoxy) is 2. The summed E-state index contributed by atoms with van der Waals surface area (Å²) in [6.07, 6.45) is -1.09. The second-order valence-corrected chi connectivity index (χ2v) is 10.6. The molecule has 0 unspecified atom stereocenters. The largest absolute Gasteiger partial charge is 0.481 e. The first-order valence-electron chi connectivity index (χ1n) is 10.3. The van der Waals surface area contributed by atoms with Gasteiger partial charge in [0.2, 0.25) is 14.8 Å². The zero-order valence-corrected chi connectivity index (χ0v) is 20.5. The zero-order chi connectivity index (χ0) is 23.9. The van der Waals surface area contributed by atoms with Crippen LogP contribution < -0.4 is 10.2 Å². The van der Waals surface area contributed by atoms with Gasteiger partial charge in [-0.05, 0) is 48.9 Å². The van der Waals surface area contributed by atoms with Crippen LogP contribution in [0.3, 0.4) is 0 Å². The number of carbonyl (C=O) groups excluding carboxylic acids is 1. The smallest absolute Gasteiger partial charge is 0.432 e. The number of hydroxylamine groups is 1. The Morgan fingerprint density at radius 2 is 1.79 bits per heavy atom. The van der Waals surface area contributed by atoms with Crippen LogP contribution in [0.2, 0.25) is 0 Å². The first kappa shape index (κ1) is 25.1. The lowest BCUT2D eigenvalue weighted by Gasteiger charge is -2.40. The lowest BCUT2D eigenvalue weighted by Crippen LogP contribution is -2.52. The van der Waals surface area contributed by atoms with Gasteiger partial charge in [0.15, 0.2) is 0 Å². The van der Waals surface area contributed by atoms with Crippen molar-refractivity contribution >= 4 is 31.9 Å². The summed E-state index contributed by atoms with van der Waals surface area (Å²) in [4.78, 5) is 12.2. The number of halogens is 1. The van der Waals surface area contributed by atoms with Crippen molar-refractivity contribution in [1.29, 1.82) is 0 Å². The van der Waals surface area contributed by atoms with Crippen LogP contribution in [0.25, 0.3) is 0 Å². The van der Waals surface area contributed by atoms with E-state index in [0.29, 0.717) is 25.4 Å². The van der Waals surface area contributed by atoms with Gasteiger partial charge in [0.1, 0.15) is 12.4 Å². The zero-order valence-electron chi connectivity index (χ0n) is 18.1. The van der Waals surface area contributed by atoms with Gasteiger partial charge < -0.3 is 9.47 Å². The molecule has 1 fully saturated rings. The molecule has 3 rings (SSSR count). The van der Waals surface area contributed by atoms with Crippen LogP contribution in [-0.2, 0) is 21.1 Å². The number of hydrogen-bond donors (Lipinski definition) is 2. The van der Waals surface area contributed by atoms with E-state index >= 15 is 0 Å². The molecule has 2 aromatic carbocycles. The Morgan fingerprint density at radius 1 is 1.15 bits per heavy atom. The SMILES string of the molecule is CC#CCOc1ccc(S(=O)(=O)C2(OC(=O)NO)CCN(Cc3ccc(Br)cc3)CC2)cc1. The molecule has 1 heterocycles. The van der Waals surface area contributed by atoms with Crippen LogP contribution in [0, 0.1) is 11.8 Å². The predicted molar refractivity (Wildman–Crippen MR) is 125 cm³/mol. The normalized spacial score (nSPS) is 15.7. The fourth-order valence-corrected chi connectivity index (χ4v) is 5.73. The summed E-state index contributed by atoms with van der Waals surface area (Å²) >= 11 is 3.41. The van der Waals surface area contributed by atoms with Crippen molar-refractivity contribution in [1.82, 2.24) is 10.4 Å². The number of rotatable bonds is 7. The third-order valence-electron chi connectivity index (χ3n) is 5.42. The average Bonchev–Trinajstić information content (AvgIpc) is 2.82. The van der Waals surface area contributed by atoms with E-state index in [2.05, 4.69) is 32.7 Å². The summed E-state index contributed by atoms with van der Waals surface area (Å²) in [5.41, 5.74) is 2.47. The molecule has 0 saturated carbocycles. The highest BCUT2D eigenvalue weighted by molar-refractivity contribution is 9.10. The summed E-state index contributed by atoms with van der Waals surface area (Å²) in [5.74, 6) is 5.96. The summed E-state index contributed by atoms with van der Waals surface area (Å²) in [6.45, 7) is 3.32. The van der Waals surface area contributed by atoms with Crippen molar-refractivity contribution in [3.63, 3.8) is 0 Å². The van der Waals surface area contributed by atoms with Crippen molar-refractivity contribution < 1.29 is 27.9 Å². The molecule has 0 spiro atoms. The van der Waals surface area contributed by atoms with Crippen LogP contribution in [0.15, 0.2) is 57.9 Å². The van der Waals surface area contributed by atoms with Gasteiger partial charge in [0.05, 0.1) is 4.90 Å². The van der Waals surface area contributed by atoms with Gasteiger partial charge in [-0.1, -0.05) is 34.0 Å². The van der Waals surface area contributed by atoms with Gasteiger partial charge in [-0.25, -0.2) is 18.7 Å². The van der Waals surface area contributed by atoms with Gasteiger partial charge in [-0.2, -0.15) is 0 Å². The van der Waals surface area contributed by atoms with E-state index in [0.717, 1.165) is 10.0 Å². The van der Waals surface area contributed by atoms with E-state index in [1.54, 1.807) is 6.92 Å². The number of hydrogen-bond acceptors (Lipinski definition) is 7. The third kappa shape index (κ3) is 6.06. The van der Waals surface area contributed by atoms with E-state index in [9.17, 15) is 13.2 Å². The minimum atomic E-state index is -4.08. The molecule has 2 N–H and O–H groups in total. The molecule has 10 heteroatoms. The number of sulfone groups is 1. The van der Waals surface area contributed by atoms with Crippen LogP contribution in [0.5, 0.6) is 5.75 Å². The maximum absolute atomic E-state index is 13.6. The summed E-state index contributed by atoms with van der Waals surface area (Å²) in [7, 11) is -4.08. The number of piperidine rings is 1. The Kier molecular flexibility index (Phi) is 8.37. The van der Waals surface area contributed by atoms with Gasteiger partial charge in [-0.15, -0.1) is 5.92 Å². The lowest BCUT2D eigenvalue weighted by atomic mass is 10.1. The molecule has 0 radical (unpaired) electrons. The number of amides is 1. The Hall–Kier alpha value is -2.58. The molecule has 33 heavy (non-hydrogen) atoms. The summed E-state index contributed by atoms with van der Waals surface area (Å²) in [5, 5.41) is 8.96. The second kappa shape index (κ2) is 11.0. The number of benzene rings is 2. The van der Waals surface area contributed by atoms with Gasteiger partial charge in [0, 0.05) is 36.9 Å². The Labute approximate surface area is 201 Å². The molecule has 0 aliphatic carbocycles. The molecule has 1 saturated heterocycles. The molecule has 8 nitrogen and oxygen atoms in total. The van der Waals surface area contributed by atoms with Gasteiger partial charge >= 0.3 is 6.09 Å². The molecule has 1 amide bonds. The van der Waals surface area contributed by atoms with Crippen molar-refractivity contribution in [3.05, 3.63) is 58.6 Å². The monoisotopic (exact) mass is 536 g/mol. The Bertz CT molecular complexity index is 1120. The van der Waals surface area contributed by atoms with Crippen molar-refractivity contribution in [2.24, 2.45) is 0 Å². The standard InChI is InChI=1S/C23H25BrN2O6S/c1-2-3-16-31-20-8-10-21(11-9-20)33(29,30)23(32-22(27)25-28)12-14-26(15-13-23)17-18-4-6-19(24)7-5-18/h4-11,28H,12-17H2,1H3,(H,25,27). The van der Waals surface area contributed by atoms with Crippen molar-refractivity contribution in [2.45, 2.75) is 36.1 Å². The summed E-state index contributed by atoms with van der Waals surface area (Å²) in [6, 6.07) is 13.8. The molecule has 1 aliphatic heterocycles. The lowest BCUT2D eigenvalue weighted by molar-refractivity contribution is 0.000287. The molecule has 0 bridgehead atoms. The van der Waals surface area contributed by atoms with Crippen molar-refractivity contribution in [3.8, 4) is 17.6 Å². The van der Waals surface area contributed by atoms with E-state index in [-0.39, 0.29) is 24.3 Å². The Balaban J connectivity index is 1.79. The average molecular weight is 537 g/mol. The molecule has 0 atom stereocenters. The molecule has 0 aromatic heterocycles. The third-order valence-corrected chi connectivity index (χ3v) is 8.31. The number of likely N-dealkylation sites (tertiary alicyclic amines) is 1. The maximum Gasteiger partial charge on any atom is 0.432 e. The molecular weight excluding hydrogens is 512 g/mol. The van der Waals surface area contributed by atoms with Gasteiger partial charge in [-0.3, -0.25) is 10.1 Å². The van der Waals surface area contributed by atoms with Crippen LogP contribution >= 0.6 is 15.9 Å². The topological polar surface area (TPSA) is 105 Å². The minimum Gasteiger partial charge on any atom is -0.481 e. The number of nitrogens with one attached hydrogen (secondary N) is 1. The fourth-order valence-electron chi connectivity index (χ4n) is 3.64. The van der Waals surface area contributed by atoms with Crippen molar-refractivity contribution in [2.75, 3.05) is 19.7 Å². The minimum absolute atomic E-state index is 0.00326. The van der Waals surface area contributed by atoms with E-state index in [1.165, 1.54) is 29.7 Å². The molecule has 1 aliphatic rings. The Morgan fingerprint density at radius 3 is 2.36 bits per heavy atom. The number of carbonyl (C=O) groups is 1. The van der Waals surface area contributed by atoms with E-state index < -0.39 is 20.9 Å². The van der Waals surface area contributed by atoms with Crippen LogP contribution in [0.4, 0.5) is 4.79 Å². The highest BCUT2D eigenvalue weighted by atomic mass is 79.9. The van der Waals surface area contributed by atoms with E-state index in [1.807, 2.05) is 24.3 Å². The first-order valence-corrected chi connectivity index (χ1v) is 12.5. The predicted octanol–water partition coefficient (Wildman–Crippen LogP) is 3.73. The molecule has 176 valence electrons. The second-order valence-electron chi connectivity index (χ2n) is 7.50.